The molecule has 0 aliphatic rings. The van der Waals surface area contributed by atoms with Gasteiger partial charge in [0.05, 0.1) is 11.9 Å². The number of hydrogen-bond acceptors (Lipinski definition) is 2. The number of rotatable bonds is 4. The highest BCUT2D eigenvalue weighted by molar-refractivity contribution is 5.85. The molecule has 3 nitrogen and oxygen atoms in total. The monoisotopic (exact) mass is 255 g/mol. The van der Waals surface area contributed by atoms with E-state index in [0.29, 0.717) is 6.54 Å². The SMILES string of the molecule is CCn1cc(NCc2ccc(F)cc2)cn1.Cl. The van der Waals surface area contributed by atoms with Crippen LogP contribution < -0.4 is 5.32 Å². The van der Waals surface area contributed by atoms with E-state index in [1.807, 2.05) is 17.8 Å². The summed E-state index contributed by atoms with van der Waals surface area (Å²) in [6.07, 6.45) is 3.73. The maximum absolute atomic E-state index is 12.7. The van der Waals surface area contributed by atoms with E-state index in [-0.39, 0.29) is 18.2 Å². The molecular formula is C12H15ClFN3. The Morgan fingerprint density at radius 1 is 1.29 bits per heavy atom. The zero-order chi connectivity index (χ0) is 11.4. The van der Waals surface area contributed by atoms with Crippen molar-refractivity contribution in [1.29, 1.82) is 0 Å². The van der Waals surface area contributed by atoms with Gasteiger partial charge in [-0.2, -0.15) is 5.10 Å². The second-order valence-electron chi connectivity index (χ2n) is 3.56. The predicted molar refractivity (Wildman–Crippen MR) is 68.9 cm³/mol. The molecule has 0 aliphatic carbocycles. The van der Waals surface area contributed by atoms with Crippen LogP contribution >= 0.6 is 12.4 Å². The third-order valence-corrected chi connectivity index (χ3v) is 2.37. The Balaban J connectivity index is 0.00000144. The number of halogens is 2. The summed E-state index contributed by atoms with van der Waals surface area (Å²) >= 11 is 0. The van der Waals surface area contributed by atoms with Crippen LogP contribution in [0.3, 0.4) is 0 Å². The fourth-order valence-electron chi connectivity index (χ4n) is 1.43. The van der Waals surface area contributed by atoms with Gasteiger partial charge in [-0.05, 0) is 24.6 Å². The third-order valence-electron chi connectivity index (χ3n) is 2.37. The quantitative estimate of drug-likeness (QED) is 0.910. The highest BCUT2D eigenvalue weighted by Crippen LogP contribution is 2.08. The van der Waals surface area contributed by atoms with Crippen LogP contribution in [0, 0.1) is 5.82 Å². The standard InChI is InChI=1S/C12H14FN3.ClH/c1-2-16-9-12(8-15-16)14-7-10-3-5-11(13)6-4-10;/h3-6,8-9,14H,2,7H2,1H3;1H. The highest BCUT2D eigenvalue weighted by atomic mass is 35.5. The van der Waals surface area contributed by atoms with E-state index in [4.69, 9.17) is 0 Å². The van der Waals surface area contributed by atoms with Crippen LogP contribution in [0.2, 0.25) is 0 Å². The molecule has 0 saturated carbocycles. The molecule has 1 N–H and O–H groups in total. The lowest BCUT2D eigenvalue weighted by Crippen LogP contribution is -1.98. The lowest BCUT2D eigenvalue weighted by Gasteiger charge is -2.03. The van der Waals surface area contributed by atoms with Crippen molar-refractivity contribution < 1.29 is 4.39 Å². The van der Waals surface area contributed by atoms with E-state index < -0.39 is 0 Å². The zero-order valence-corrected chi connectivity index (χ0v) is 10.4. The average Bonchev–Trinajstić information content (AvgIpc) is 2.76. The van der Waals surface area contributed by atoms with Gasteiger partial charge in [0.2, 0.25) is 0 Å². The summed E-state index contributed by atoms with van der Waals surface area (Å²) in [5, 5.41) is 7.38. The first-order valence-corrected chi connectivity index (χ1v) is 5.28. The highest BCUT2D eigenvalue weighted by Gasteiger charge is 1.97. The summed E-state index contributed by atoms with van der Waals surface area (Å²) in [4.78, 5) is 0. The van der Waals surface area contributed by atoms with Crippen LogP contribution in [-0.4, -0.2) is 9.78 Å². The molecule has 0 amide bonds. The Kier molecular flexibility index (Phi) is 4.97. The molecule has 92 valence electrons. The molecule has 2 rings (SSSR count). The van der Waals surface area contributed by atoms with E-state index in [9.17, 15) is 4.39 Å². The third kappa shape index (κ3) is 3.75. The number of nitrogens with zero attached hydrogens (tertiary/aromatic N) is 2. The van der Waals surface area contributed by atoms with Crippen LogP contribution in [0.25, 0.3) is 0 Å². The first-order chi connectivity index (χ1) is 7.78. The Morgan fingerprint density at radius 2 is 2.00 bits per heavy atom. The minimum Gasteiger partial charge on any atom is -0.378 e. The van der Waals surface area contributed by atoms with Crippen molar-refractivity contribution >= 4 is 18.1 Å². The average molecular weight is 256 g/mol. The van der Waals surface area contributed by atoms with Crippen molar-refractivity contribution in [2.45, 2.75) is 20.0 Å². The molecule has 2 aromatic rings. The molecule has 0 saturated heterocycles. The fourth-order valence-corrected chi connectivity index (χ4v) is 1.43. The first kappa shape index (κ1) is 13.5. The van der Waals surface area contributed by atoms with Gasteiger partial charge in [-0.1, -0.05) is 12.1 Å². The van der Waals surface area contributed by atoms with E-state index in [0.717, 1.165) is 17.8 Å². The van der Waals surface area contributed by atoms with Crippen molar-refractivity contribution in [2.75, 3.05) is 5.32 Å². The number of anilines is 1. The first-order valence-electron chi connectivity index (χ1n) is 5.28. The number of hydrogen-bond donors (Lipinski definition) is 1. The van der Waals surface area contributed by atoms with Crippen molar-refractivity contribution in [1.82, 2.24) is 9.78 Å². The molecule has 0 unspecified atom stereocenters. The van der Waals surface area contributed by atoms with Gasteiger partial charge >= 0.3 is 0 Å². The van der Waals surface area contributed by atoms with E-state index in [1.54, 1.807) is 18.3 Å². The van der Waals surface area contributed by atoms with Gasteiger partial charge in [0.25, 0.3) is 0 Å². The van der Waals surface area contributed by atoms with Gasteiger partial charge in [0, 0.05) is 19.3 Å². The molecule has 0 radical (unpaired) electrons. The van der Waals surface area contributed by atoms with Crippen molar-refractivity contribution in [2.24, 2.45) is 0 Å². The summed E-state index contributed by atoms with van der Waals surface area (Å²) in [6.45, 7) is 3.57. The zero-order valence-electron chi connectivity index (χ0n) is 9.56. The van der Waals surface area contributed by atoms with Gasteiger partial charge < -0.3 is 5.32 Å². The van der Waals surface area contributed by atoms with Gasteiger partial charge in [-0.15, -0.1) is 12.4 Å². The topological polar surface area (TPSA) is 29.9 Å². The van der Waals surface area contributed by atoms with Crippen molar-refractivity contribution in [3.8, 4) is 0 Å². The van der Waals surface area contributed by atoms with Crippen LogP contribution in [0.4, 0.5) is 10.1 Å². The van der Waals surface area contributed by atoms with Crippen LogP contribution in [0.5, 0.6) is 0 Å². The van der Waals surface area contributed by atoms with Gasteiger partial charge in [0.15, 0.2) is 0 Å². The Bertz CT molecular complexity index is 453. The normalized spacial score (nSPS) is 9.76. The Labute approximate surface area is 106 Å². The molecule has 17 heavy (non-hydrogen) atoms. The van der Waals surface area contributed by atoms with Crippen LogP contribution in [0.1, 0.15) is 12.5 Å². The lowest BCUT2D eigenvalue weighted by atomic mass is 10.2. The van der Waals surface area contributed by atoms with E-state index >= 15 is 0 Å². The molecule has 1 aromatic carbocycles. The van der Waals surface area contributed by atoms with E-state index in [2.05, 4.69) is 10.4 Å². The molecule has 0 fully saturated rings. The molecule has 1 heterocycles. The fraction of sp³-hybridized carbons (Fsp3) is 0.250. The summed E-state index contributed by atoms with van der Waals surface area (Å²) in [5.41, 5.74) is 2.02. The summed E-state index contributed by atoms with van der Waals surface area (Å²) in [7, 11) is 0. The second-order valence-corrected chi connectivity index (χ2v) is 3.56. The largest absolute Gasteiger partial charge is 0.378 e. The van der Waals surface area contributed by atoms with Gasteiger partial charge in [-0.3, -0.25) is 4.68 Å². The van der Waals surface area contributed by atoms with Crippen molar-refractivity contribution in [3.63, 3.8) is 0 Å². The Hall–Kier alpha value is -1.55. The van der Waals surface area contributed by atoms with E-state index in [1.165, 1.54) is 12.1 Å². The molecule has 1 aromatic heterocycles. The predicted octanol–water partition coefficient (Wildman–Crippen LogP) is 3.08. The van der Waals surface area contributed by atoms with Crippen LogP contribution in [-0.2, 0) is 13.1 Å². The molecule has 5 heteroatoms. The summed E-state index contributed by atoms with van der Waals surface area (Å²) < 4.78 is 14.5. The molecular weight excluding hydrogens is 241 g/mol. The minimum atomic E-state index is -0.206. The molecule has 0 atom stereocenters. The van der Waals surface area contributed by atoms with Crippen LogP contribution in [0.15, 0.2) is 36.7 Å². The summed E-state index contributed by atoms with van der Waals surface area (Å²) in [5.74, 6) is -0.206. The summed E-state index contributed by atoms with van der Waals surface area (Å²) in [6, 6.07) is 6.47. The number of benzene rings is 1. The number of nitrogens with one attached hydrogen (secondary N) is 1. The lowest BCUT2D eigenvalue weighted by molar-refractivity contribution is 0.627. The number of aryl methyl sites for hydroxylation is 1. The maximum atomic E-state index is 12.7. The Morgan fingerprint density at radius 3 is 2.59 bits per heavy atom. The smallest absolute Gasteiger partial charge is 0.123 e. The minimum absolute atomic E-state index is 0. The van der Waals surface area contributed by atoms with Gasteiger partial charge in [0.1, 0.15) is 5.82 Å². The van der Waals surface area contributed by atoms with Crippen molar-refractivity contribution in [3.05, 3.63) is 48.0 Å². The molecule has 0 aliphatic heterocycles. The molecule has 0 spiro atoms. The van der Waals surface area contributed by atoms with Gasteiger partial charge in [-0.25, -0.2) is 4.39 Å². The maximum Gasteiger partial charge on any atom is 0.123 e. The number of aromatic nitrogens is 2. The molecule has 0 bridgehead atoms. The second kappa shape index (κ2) is 6.25.